The highest BCUT2D eigenvalue weighted by Crippen LogP contribution is 2.22. The van der Waals surface area contributed by atoms with Crippen LogP contribution < -0.4 is 0 Å². The molecule has 0 unspecified atom stereocenters. The fourth-order valence-corrected chi connectivity index (χ4v) is 3.94. The maximum Gasteiger partial charge on any atom is 0.243 e. The van der Waals surface area contributed by atoms with Crippen LogP contribution in [0, 0.1) is 18.3 Å². The number of rotatable bonds is 6. The molecule has 0 bridgehead atoms. The minimum Gasteiger partial charge on any atom is -0.340 e. The summed E-state index contributed by atoms with van der Waals surface area (Å²) in [5.74, 6) is 0.617. The van der Waals surface area contributed by atoms with Crippen molar-refractivity contribution < 1.29 is 12.9 Å². The van der Waals surface area contributed by atoms with E-state index in [9.17, 15) is 8.42 Å². The molecular weight excluding hydrogens is 388 g/mol. The highest BCUT2D eigenvalue weighted by atomic mass is 35.5. The summed E-state index contributed by atoms with van der Waals surface area (Å²) in [6, 6.07) is 14.7. The Labute approximate surface area is 161 Å². The summed E-state index contributed by atoms with van der Waals surface area (Å²) in [6.07, 6.45) is 0. The molecule has 27 heavy (non-hydrogen) atoms. The minimum atomic E-state index is -3.83. The first-order valence-corrected chi connectivity index (χ1v) is 9.74. The fraction of sp³-hybridized carbons (Fsp3) is 0.167. The van der Waals surface area contributed by atoms with Crippen LogP contribution >= 0.6 is 11.6 Å². The number of sulfonamides is 1. The standard InChI is InChI=1S/C18H15ClN4O3S/c1-13-21-18(22-26-13)12-23(11-15-4-2-14(10-20)3-5-15)27(24,25)17-8-6-16(19)7-9-17/h2-9H,11-12H2,1H3. The van der Waals surface area contributed by atoms with Gasteiger partial charge in [0.15, 0.2) is 5.82 Å². The van der Waals surface area contributed by atoms with Crippen molar-refractivity contribution >= 4 is 21.6 Å². The fourth-order valence-electron chi connectivity index (χ4n) is 2.43. The molecule has 0 N–H and O–H groups in total. The Hall–Kier alpha value is -2.73. The Morgan fingerprint density at radius 2 is 1.78 bits per heavy atom. The normalized spacial score (nSPS) is 11.5. The number of aromatic nitrogens is 2. The number of benzene rings is 2. The van der Waals surface area contributed by atoms with E-state index < -0.39 is 10.0 Å². The summed E-state index contributed by atoms with van der Waals surface area (Å²) >= 11 is 5.87. The summed E-state index contributed by atoms with van der Waals surface area (Å²) in [7, 11) is -3.83. The van der Waals surface area contributed by atoms with Gasteiger partial charge in [0.25, 0.3) is 0 Å². The van der Waals surface area contributed by atoms with E-state index in [1.165, 1.54) is 28.6 Å². The van der Waals surface area contributed by atoms with Crippen molar-refractivity contribution in [2.45, 2.75) is 24.9 Å². The van der Waals surface area contributed by atoms with E-state index in [4.69, 9.17) is 21.4 Å². The van der Waals surface area contributed by atoms with Crippen LogP contribution in [0.3, 0.4) is 0 Å². The Morgan fingerprint density at radius 1 is 1.11 bits per heavy atom. The highest BCUT2D eigenvalue weighted by Gasteiger charge is 2.26. The maximum atomic E-state index is 13.1. The van der Waals surface area contributed by atoms with E-state index in [2.05, 4.69) is 10.1 Å². The van der Waals surface area contributed by atoms with Gasteiger partial charge in [0.2, 0.25) is 15.9 Å². The zero-order valence-electron chi connectivity index (χ0n) is 14.3. The van der Waals surface area contributed by atoms with Gasteiger partial charge in [-0.05, 0) is 42.0 Å². The van der Waals surface area contributed by atoms with E-state index in [-0.39, 0.29) is 23.8 Å². The average Bonchev–Trinajstić information content (AvgIpc) is 3.07. The summed E-state index contributed by atoms with van der Waals surface area (Å²) in [5.41, 5.74) is 1.23. The van der Waals surface area contributed by atoms with Crippen molar-refractivity contribution in [3.05, 3.63) is 76.4 Å². The third-order valence-corrected chi connectivity index (χ3v) is 5.84. The lowest BCUT2D eigenvalue weighted by atomic mass is 10.1. The van der Waals surface area contributed by atoms with Crippen LogP contribution in [-0.4, -0.2) is 22.9 Å². The molecule has 1 heterocycles. The van der Waals surface area contributed by atoms with E-state index in [1.54, 1.807) is 31.2 Å². The van der Waals surface area contributed by atoms with Crippen LogP contribution in [0.25, 0.3) is 0 Å². The lowest BCUT2D eigenvalue weighted by Gasteiger charge is -2.21. The molecule has 0 spiro atoms. The predicted octanol–water partition coefficient (Wildman–Crippen LogP) is 3.29. The Bertz CT molecular complexity index is 1070. The largest absolute Gasteiger partial charge is 0.340 e. The molecule has 3 rings (SSSR count). The van der Waals surface area contributed by atoms with Gasteiger partial charge in [-0.3, -0.25) is 0 Å². The van der Waals surface area contributed by atoms with Crippen LogP contribution in [-0.2, 0) is 23.1 Å². The monoisotopic (exact) mass is 402 g/mol. The molecule has 0 amide bonds. The van der Waals surface area contributed by atoms with Gasteiger partial charge >= 0.3 is 0 Å². The summed E-state index contributed by atoms with van der Waals surface area (Å²) in [4.78, 5) is 4.20. The van der Waals surface area contributed by atoms with Gasteiger partial charge in [0.05, 0.1) is 23.1 Å². The molecule has 1 aromatic heterocycles. The molecule has 3 aromatic rings. The van der Waals surface area contributed by atoms with Crippen molar-refractivity contribution in [3.63, 3.8) is 0 Å². The zero-order chi connectivity index (χ0) is 19.4. The number of nitrogens with zero attached hydrogens (tertiary/aromatic N) is 4. The summed E-state index contributed by atoms with van der Waals surface area (Å²) in [5, 5.41) is 13.1. The van der Waals surface area contributed by atoms with Gasteiger partial charge in [-0.25, -0.2) is 8.42 Å². The van der Waals surface area contributed by atoms with Crippen molar-refractivity contribution in [2.75, 3.05) is 0 Å². The van der Waals surface area contributed by atoms with Gasteiger partial charge in [-0.2, -0.15) is 14.6 Å². The molecule has 7 nitrogen and oxygen atoms in total. The molecule has 2 aromatic carbocycles. The second-order valence-electron chi connectivity index (χ2n) is 5.77. The first-order chi connectivity index (χ1) is 12.9. The quantitative estimate of drug-likeness (QED) is 0.627. The molecule has 0 saturated heterocycles. The molecule has 0 aliphatic rings. The van der Waals surface area contributed by atoms with Crippen LogP contribution in [0.2, 0.25) is 5.02 Å². The summed E-state index contributed by atoms with van der Waals surface area (Å²) in [6.45, 7) is 1.67. The van der Waals surface area contributed by atoms with Gasteiger partial charge in [-0.15, -0.1) is 0 Å². The number of aryl methyl sites for hydroxylation is 1. The molecule has 138 valence electrons. The van der Waals surface area contributed by atoms with E-state index >= 15 is 0 Å². The number of hydrogen-bond acceptors (Lipinski definition) is 6. The van der Waals surface area contributed by atoms with Crippen molar-refractivity contribution in [2.24, 2.45) is 0 Å². The van der Waals surface area contributed by atoms with Gasteiger partial charge in [-0.1, -0.05) is 28.9 Å². The van der Waals surface area contributed by atoms with Crippen LogP contribution in [0.4, 0.5) is 0 Å². The van der Waals surface area contributed by atoms with Gasteiger partial charge in [0.1, 0.15) is 0 Å². The molecule has 0 radical (unpaired) electrons. The Balaban J connectivity index is 1.95. The average molecular weight is 403 g/mol. The second-order valence-corrected chi connectivity index (χ2v) is 8.14. The molecule has 0 atom stereocenters. The van der Waals surface area contributed by atoms with E-state index in [0.717, 1.165) is 5.56 Å². The van der Waals surface area contributed by atoms with E-state index in [1.807, 2.05) is 6.07 Å². The van der Waals surface area contributed by atoms with Gasteiger partial charge < -0.3 is 4.52 Å². The maximum absolute atomic E-state index is 13.1. The second kappa shape index (κ2) is 7.88. The van der Waals surface area contributed by atoms with Crippen LogP contribution in [0.1, 0.15) is 22.8 Å². The Morgan fingerprint density at radius 3 is 2.33 bits per heavy atom. The molecule has 0 aliphatic carbocycles. The topological polar surface area (TPSA) is 100 Å². The molecular formula is C18H15ClN4O3S. The van der Waals surface area contributed by atoms with Gasteiger partial charge in [0, 0.05) is 18.5 Å². The van der Waals surface area contributed by atoms with Crippen molar-refractivity contribution in [1.82, 2.24) is 14.4 Å². The zero-order valence-corrected chi connectivity index (χ0v) is 15.9. The molecule has 0 aliphatic heterocycles. The third kappa shape index (κ3) is 4.52. The highest BCUT2D eigenvalue weighted by molar-refractivity contribution is 7.89. The predicted molar refractivity (Wildman–Crippen MR) is 98.1 cm³/mol. The first-order valence-electron chi connectivity index (χ1n) is 7.92. The lowest BCUT2D eigenvalue weighted by Crippen LogP contribution is -2.30. The van der Waals surface area contributed by atoms with Crippen LogP contribution in [0.5, 0.6) is 0 Å². The Kier molecular flexibility index (Phi) is 5.56. The number of nitriles is 1. The van der Waals surface area contributed by atoms with E-state index in [0.29, 0.717) is 16.5 Å². The van der Waals surface area contributed by atoms with Crippen LogP contribution in [0.15, 0.2) is 57.9 Å². The van der Waals surface area contributed by atoms with Crippen molar-refractivity contribution in [3.8, 4) is 6.07 Å². The summed E-state index contributed by atoms with van der Waals surface area (Å²) < 4.78 is 32.4. The molecule has 9 heteroatoms. The minimum absolute atomic E-state index is 0.0533. The first kappa shape index (κ1) is 19.0. The third-order valence-electron chi connectivity index (χ3n) is 3.78. The smallest absolute Gasteiger partial charge is 0.243 e. The lowest BCUT2D eigenvalue weighted by molar-refractivity contribution is 0.360. The number of halogens is 1. The molecule has 0 fully saturated rings. The molecule has 0 saturated carbocycles. The SMILES string of the molecule is Cc1nc(CN(Cc2ccc(C#N)cc2)S(=O)(=O)c2ccc(Cl)cc2)no1. The van der Waals surface area contributed by atoms with Crippen molar-refractivity contribution in [1.29, 1.82) is 5.26 Å². The number of hydrogen-bond donors (Lipinski definition) is 0.